The molecule has 0 unspecified atom stereocenters. The Bertz CT molecular complexity index is 1110. The summed E-state index contributed by atoms with van der Waals surface area (Å²) in [6, 6.07) is 2.72. The van der Waals surface area contributed by atoms with E-state index in [4.69, 9.17) is 23.2 Å². The topological polar surface area (TPSA) is 52.7 Å². The Labute approximate surface area is 159 Å². The molecular weight excluding hydrogens is 411 g/mol. The Morgan fingerprint density at radius 1 is 1.11 bits per heavy atom. The molecule has 0 aliphatic carbocycles. The van der Waals surface area contributed by atoms with Gasteiger partial charge in [-0.2, -0.15) is 23.0 Å². The van der Waals surface area contributed by atoms with Crippen molar-refractivity contribution in [1.29, 1.82) is 0 Å². The average molecular weight is 421 g/mol. The molecule has 0 fully saturated rings. The zero-order chi connectivity index (χ0) is 20.1. The molecule has 27 heavy (non-hydrogen) atoms. The van der Waals surface area contributed by atoms with Gasteiger partial charge in [0.2, 0.25) is 0 Å². The van der Waals surface area contributed by atoms with E-state index in [1.165, 1.54) is 11.6 Å². The first-order valence-corrected chi connectivity index (χ1v) is 8.11. The van der Waals surface area contributed by atoms with E-state index >= 15 is 0 Å². The van der Waals surface area contributed by atoms with Gasteiger partial charge in [-0.05, 0) is 25.1 Å². The van der Waals surface area contributed by atoms with Crippen molar-refractivity contribution in [2.45, 2.75) is 13.1 Å². The van der Waals surface area contributed by atoms with Gasteiger partial charge in [0.25, 0.3) is 0 Å². The summed E-state index contributed by atoms with van der Waals surface area (Å²) in [6.45, 7) is 1.59. The minimum absolute atomic E-state index is 0.0412. The molecule has 0 saturated carbocycles. The number of benzene rings is 1. The van der Waals surface area contributed by atoms with Crippen LogP contribution in [0.4, 0.5) is 17.6 Å². The van der Waals surface area contributed by atoms with E-state index in [0.29, 0.717) is 18.1 Å². The van der Waals surface area contributed by atoms with E-state index in [0.717, 1.165) is 16.8 Å². The first-order chi connectivity index (χ1) is 12.5. The highest BCUT2D eigenvalue weighted by Crippen LogP contribution is 2.36. The van der Waals surface area contributed by atoms with Crippen LogP contribution in [0.3, 0.4) is 0 Å². The largest absolute Gasteiger partial charge is 0.417 e. The van der Waals surface area contributed by atoms with Crippen LogP contribution in [0.2, 0.25) is 10.0 Å². The predicted octanol–water partition coefficient (Wildman–Crippen LogP) is 4.41. The van der Waals surface area contributed by atoms with E-state index in [-0.39, 0.29) is 22.0 Å². The summed E-state index contributed by atoms with van der Waals surface area (Å²) < 4.78 is 54.9. The second-order valence-electron chi connectivity index (χ2n) is 5.64. The lowest BCUT2D eigenvalue weighted by molar-refractivity contribution is -0.137. The van der Waals surface area contributed by atoms with Crippen molar-refractivity contribution >= 4 is 23.2 Å². The maximum Gasteiger partial charge on any atom is 0.417 e. The number of pyridine rings is 1. The Morgan fingerprint density at radius 3 is 2.30 bits per heavy atom. The van der Waals surface area contributed by atoms with Gasteiger partial charge >= 0.3 is 11.9 Å². The number of rotatable bonds is 2. The lowest BCUT2D eigenvalue weighted by Crippen LogP contribution is -2.22. The SMILES string of the molecule is Cc1nn(-c2cc(-c3ncc(C(F)(F)F)cc3Cl)c(F)cc2Cl)c(=O)n1C. The lowest BCUT2D eigenvalue weighted by Gasteiger charge is -2.12. The van der Waals surface area contributed by atoms with Crippen LogP contribution in [0.15, 0.2) is 29.2 Å². The molecule has 0 amide bonds. The van der Waals surface area contributed by atoms with Gasteiger partial charge in [-0.25, -0.2) is 9.18 Å². The Hall–Kier alpha value is -2.39. The van der Waals surface area contributed by atoms with Gasteiger partial charge in [0.05, 0.1) is 27.0 Å². The third-order valence-corrected chi connectivity index (χ3v) is 4.48. The molecule has 0 aliphatic heterocycles. The Morgan fingerprint density at radius 2 is 1.78 bits per heavy atom. The zero-order valence-electron chi connectivity index (χ0n) is 13.8. The molecule has 3 rings (SSSR count). The molecule has 0 aliphatic rings. The average Bonchev–Trinajstić information content (AvgIpc) is 2.82. The number of aryl methyl sites for hydroxylation is 1. The second-order valence-corrected chi connectivity index (χ2v) is 6.45. The van der Waals surface area contributed by atoms with Gasteiger partial charge in [0.15, 0.2) is 0 Å². The van der Waals surface area contributed by atoms with E-state index in [1.54, 1.807) is 6.92 Å². The monoisotopic (exact) mass is 420 g/mol. The fourth-order valence-corrected chi connectivity index (χ4v) is 2.86. The third kappa shape index (κ3) is 3.44. The van der Waals surface area contributed by atoms with Crippen LogP contribution >= 0.6 is 23.2 Å². The van der Waals surface area contributed by atoms with Crippen molar-refractivity contribution in [3.63, 3.8) is 0 Å². The molecule has 0 atom stereocenters. The summed E-state index contributed by atoms with van der Waals surface area (Å²) in [5.41, 5.74) is -2.00. The highest BCUT2D eigenvalue weighted by Gasteiger charge is 2.32. The zero-order valence-corrected chi connectivity index (χ0v) is 15.3. The predicted molar refractivity (Wildman–Crippen MR) is 91.8 cm³/mol. The van der Waals surface area contributed by atoms with Crippen LogP contribution in [-0.2, 0) is 13.2 Å². The molecule has 11 heteroatoms. The van der Waals surface area contributed by atoms with Gasteiger partial charge in [0.1, 0.15) is 11.6 Å². The van der Waals surface area contributed by atoms with Crippen molar-refractivity contribution in [3.05, 3.63) is 62.1 Å². The van der Waals surface area contributed by atoms with Crippen LogP contribution in [-0.4, -0.2) is 19.3 Å². The van der Waals surface area contributed by atoms with Gasteiger partial charge in [-0.1, -0.05) is 23.2 Å². The van der Waals surface area contributed by atoms with Crippen LogP contribution in [0, 0.1) is 12.7 Å². The van der Waals surface area contributed by atoms with Crippen LogP contribution in [0.1, 0.15) is 11.4 Å². The Balaban J connectivity index is 2.21. The van der Waals surface area contributed by atoms with E-state index in [9.17, 15) is 22.4 Å². The maximum atomic E-state index is 14.4. The summed E-state index contributed by atoms with van der Waals surface area (Å²) in [5, 5.41) is 3.52. The molecule has 0 radical (unpaired) electrons. The highest BCUT2D eigenvalue weighted by atomic mass is 35.5. The molecule has 142 valence electrons. The fourth-order valence-electron chi connectivity index (χ4n) is 2.36. The molecular formula is C16H10Cl2F4N4O. The number of hydrogen-bond donors (Lipinski definition) is 0. The third-order valence-electron chi connectivity index (χ3n) is 3.89. The smallest absolute Gasteiger partial charge is 0.282 e. The van der Waals surface area contributed by atoms with Crippen molar-refractivity contribution in [1.82, 2.24) is 19.3 Å². The summed E-state index contributed by atoms with van der Waals surface area (Å²) in [7, 11) is 1.49. The summed E-state index contributed by atoms with van der Waals surface area (Å²) in [4.78, 5) is 15.9. The van der Waals surface area contributed by atoms with Crippen LogP contribution < -0.4 is 5.69 Å². The maximum absolute atomic E-state index is 14.4. The molecule has 5 nitrogen and oxygen atoms in total. The van der Waals surface area contributed by atoms with Crippen molar-refractivity contribution in [3.8, 4) is 16.9 Å². The highest BCUT2D eigenvalue weighted by molar-refractivity contribution is 6.33. The number of aromatic nitrogens is 4. The quantitative estimate of drug-likeness (QED) is 0.577. The summed E-state index contributed by atoms with van der Waals surface area (Å²) in [5.74, 6) is -0.480. The van der Waals surface area contributed by atoms with E-state index in [2.05, 4.69) is 10.1 Å². The number of halogens is 6. The molecule has 0 saturated heterocycles. The summed E-state index contributed by atoms with van der Waals surface area (Å²) in [6.07, 6.45) is -4.09. The van der Waals surface area contributed by atoms with Crippen molar-refractivity contribution in [2.75, 3.05) is 0 Å². The van der Waals surface area contributed by atoms with Gasteiger partial charge < -0.3 is 0 Å². The molecule has 0 spiro atoms. The van der Waals surface area contributed by atoms with Gasteiger partial charge in [0, 0.05) is 18.8 Å². The molecule has 2 aromatic heterocycles. The van der Waals surface area contributed by atoms with E-state index in [1.807, 2.05) is 0 Å². The number of hydrogen-bond acceptors (Lipinski definition) is 3. The van der Waals surface area contributed by atoms with Crippen LogP contribution in [0.25, 0.3) is 16.9 Å². The minimum atomic E-state index is -4.64. The van der Waals surface area contributed by atoms with Crippen LogP contribution in [0.5, 0.6) is 0 Å². The first-order valence-electron chi connectivity index (χ1n) is 7.36. The number of nitrogens with zero attached hydrogens (tertiary/aromatic N) is 4. The molecule has 1 aromatic carbocycles. The lowest BCUT2D eigenvalue weighted by atomic mass is 10.1. The molecule has 0 bridgehead atoms. The normalized spacial score (nSPS) is 11.9. The van der Waals surface area contributed by atoms with E-state index < -0.39 is 28.3 Å². The first kappa shape index (κ1) is 19.4. The standard InChI is InChI=1S/C16H10Cl2F4N4O/c1-7-24-26(15(27)25(7)2)13-4-9(12(19)5-10(13)17)14-11(18)3-8(6-23-14)16(20,21)22/h3-6H,1-2H3. The fraction of sp³-hybridized carbons (Fsp3) is 0.188. The molecule has 0 N–H and O–H groups in total. The van der Waals surface area contributed by atoms with Gasteiger partial charge in [-0.15, -0.1) is 0 Å². The van der Waals surface area contributed by atoms with Crippen molar-refractivity contribution in [2.24, 2.45) is 7.05 Å². The molecule has 3 aromatic rings. The van der Waals surface area contributed by atoms with Crippen molar-refractivity contribution < 1.29 is 17.6 Å². The number of alkyl halides is 3. The second kappa shape index (κ2) is 6.65. The molecule has 2 heterocycles. The summed E-state index contributed by atoms with van der Waals surface area (Å²) >= 11 is 11.9. The minimum Gasteiger partial charge on any atom is -0.282 e. The Kier molecular flexibility index (Phi) is 4.77. The van der Waals surface area contributed by atoms with Gasteiger partial charge in [-0.3, -0.25) is 9.55 Å².